The van der Waals surface area contributed by atoms with Crippen LogP contribution in [0.15, 0.2) is 24.3 Å². The molecular formula is C15H19FN4O. The number of aliphatic hydroxyl groups excluding tert-OH is 1. The number of rotatable bonds is 4. The minimum Gasteiger partial charge on any atom is -0.388 e. The van der Waals surface area contributed by atoms with Gasteiger partial charge in [-0.25, -0.2) is 4.39 Å². The average Bonchev–Trinajstić information content (AvgIpc) is 2.92. The summed E-state index contributed by atoms with van der Waals surface area (Å²) in [5, 5.41) is 17.4. The highest BCUT2D eigenvalue weighted by molar-refractivity contribution is 5.20. The molecule has 0 spiro atoms. The maximum atomic E-state index is 13.1. The van der Waals surface area contributed by atoms with Crippen LogP contribution in [0.3, 0.4) is 0 Å². The Balaban J connectivity index is 1.81. The van der Waals surface area contributed by atoms with Crippen LogP contribution in [0.1, 0.15) is 36.6 Å². The smallest absolute Gasteiger partial charge is 0.158 e. The van der Waals surface area contributed by atoms with Gasteiger partial charge in [-0.05, 0) is 24.1 Å². The standard InChI is InChI=1S/C15H19FN4O/c1-2-13(11-3-5-12(16)6-4-11)19-7-8-20-14(9-19)17-18-15(20)10-21/h3-6,13,21H,2,7-10H2,1H3. The zero-order chi connectivity index (χ0) is 14.8. The van der Waals surface area contributed by atoms with E-state index in [0.717, 1.165) is 30.9 Å². The Bertz CT molecular complexity index is 611. The maximum Gasteiger partial charge on any atom is 0.158 e. The molecule has 0 saturated carbocycles. The van der Waals surface area contributed by atoms with Crippen molar-refractivity contribution in [3.63, 3.8) is 0 Å². The second kappa shape index (κ2) is 5.91. The average molecular weight is 290 g/mol. The van der Waals surface area contributed by atoms with E-state index in [0.29, 0.717) is 12.4 Å². The Morgan fingerprint density at radius 1 is 1.24 bits per heavy atom. The number of nitrogens with zero attached hydrogens (tertiary/aromatic N) is 4. The van der Waals surface area contributed by atoms with Gasteiger partial charge in [0, 0.05) is 19.1 Å². The molecule has 1 aromatic carbocycles. The molecule has 112 valence electrons. The highest BCUT2D eigenvalue weighted by Gasteiger charge is 2.26. The molecular weight excluding hydrogens is 271 g/mol. The molecule has 1 unspecified atom stereocenters. The lowest BCUT2D eigenvalue weighted by Gasteiger charge is -2.34. The van der Waals surface area contributed by atoms with Crippen LogP contribution in [0, 0.1) is 5.82 Å². The molecule has 1 aliphatic rings. The second-order valence-corrected chi connectivity index (χ2v) is 5.29. The van der Waals surface area contributed by atoms with Gasteiger partial charge in [-0.15, -0.1) is 10.2 Å². The number of hydrogen-bond acceptors (Lipinski definition) is 4. The van der Waals surface area contributed by atoms with Crippen LogP contribution >= 0.6 is 0 Å². The van der Waals surface area contributed by atoms with Gasteiger partial charge in [-0.2, -0.15) is 0 Å². The lowest BCUT2D eigenvalue weighted by molar-refractivity contribution is 0.144. The predicted molar refractivity (Wildman–Crippen MR) is 75.8 cm³/mol. The molecule has 0 saturated heterocycles. The molecule has 2 heterocycles. The third-order valence-corrected chi connectivity index (χ3v) is 4.08. The highest BCUT2D eigenvalue weighted by Crippen LogP contribution is 2.28. The normalized spacial score (nSPS) is 16.7. The van der Waals surface area contributed by atoms with Crippen molar-refractivity contribution >= 4 is 0 Å². The molecule has 1 N–H and O–H groups in total. The molecule has 6 heteroatoms. The van der Waals surface area contributed by atoms with E-state index in [-0.39, 0.29) is 18.5 Å². The Morgan fingerprint density at radius 2 is 2.00 bits per heavy atom. The molecule has 0 fully saturated rings. The second-order valence-electron chi connectivity index (χ2n) is 5.29. The van der Waals surface area contributed by atoms with Gasteiger partial charge in [0.2, 0.25) is 0 Å². The summed E-state index contributed by atoms with van der Waals surface area (Å²) >= 11 is 0. The van der Waals surface area contributed by atoms with Crippen LogP contribution in [0.5, 0.6) is 0 Å². The van der Waals surface area contributed by atoms with Gasteiger partial charge in [-0.1, -0.05) is 19.1 Å². The van der Waals surface area contributed by atoms with Crippen molar-refractivity contribution in [1.82, 2.24) is 19.7 Å². The Labute approximate surface area is 123 Å². The van der Waals surface area contributed by atoms with Gasteiger partial charge in [0.1, 0.15) is 18.2 Å². The minimum atomic E-state index is -0.209. The number of halogens is 1. The summed E-state index contributed by atoms with van der Waals surface area (Å²) in [4.78, 5) is 2.33. The summed E-state index contributed by atoms with van der Waals surface area (Å²) in [6, 6.07) is 6.96. The van der Waals surface area contributed by atoms with Crippen molar-refractivity contribution in [1.29, 1.82) is 0 Å². The third-order valence-electron chi connectivity index (χ3n) is 4.08. The molecule has 1 atom stereocenters. The molecule has 5 nitrogen and oxygen atoms in total. The van der Waals surface area contributed by atoms with E-state index in [1.54, 1.807) is 0 Å². The fourth-order valence-electron chi connectivity index (χ4n) is 3.01. The molecule has 1 aromatic heterocycles. The van der Waals surface area contributed by atoms with Crippen molar-refractivity contribution in [2.45, 2.75) is 39.1 Å². The van der Waals surface area contributed by atoms with Crippen LogP contribution in [0.25, 0.3) is 0 Å². The van der Waals surface area contributed by atoms with Crippen molar-refractivity contribution in [3.05, 3.63) is 47.3 Å². The number of hydrogen-bond donors (Lipinski definition) is 1. The summed E-state index contributed by atoms with van der Waals surface area (Å²) < 4.78 is 15.1. The van der Waals surface area contributed by atoms with Crippen molar-refractivity contribution in [3.8, 4) is 0 Å². The quantitative estimate of drug-likeness (QED) is 0.934. The van der Waals surface area contributed by atoms with Gasteiger partial charge >= 0.3 is 0 Å². The summed E-state index contributed by atoms with van der Waals surface area (Å²) in [6.07, 6.45) is 0.951. The van der Waals surface area contributed by atoms with E-state index < -0.39 is 0 Å². The number of benzene rings is 1. The summed E-state index contributed by atoms with van der Waals surface area (Å²) in [7, 11) is 0. The maximum absolute atomic E-state index is 13.1. The number of aliphatic hydroxyl groups is 1. The van der Waals surface area contributed by atoms with E-state index >= 15 is 0 Å². The van der Waals surface area contributed by atoms with Gasteiger partial charge in [-0.3, -0.25) is 4.90 Å². The first-order valence-corrected chi connectivity index (χ1v) is 7.24. The zero-order valence-electron chi connectivity index (χ0n) is 12.0. The first kappa shape index (κ1) is 14.2. The summed E-state index contributed by atoms with van der Waals surface area (Å²) in [5.41, 5.74) is 1.12. The van der Waals surface area contributed by atoms with Crippen LogP contribution in [-0.2, 0) is 19.7 Å². The van der Waals surface area contributed by atoms with E-state index in [2.05, 4.69) is 22.0 Å². The Hall–Kier alpha value is -1.79. The SMILES string of the molecule is CCC(c1ccc(F)cc1)N1CCn2c(CO)nnc2C1. The number of aromatic nitrogens is 3. The van der Waals surface area contributed by atoms with Crippen LogP contribution in [-0.4, -0.2) is 31.3 Å². The first-order chi connectivity index (χ1) is 10.2. The molecule has 21 heavy (non-hydrogen) atoms. The lowest BCUT2D eigenvalue weighted by Crippen LogP contribution is -2.37. The molecule has 0 bridgehead atoms. The fraction of sp³-hybridized carbons (Fsp3) is 0.467. The lowest BCUT2D eigenvalue weighted by atomic mass is 10.0. The molecule has 1 aliphatic heterocycles. The van der Waals surface area contributed by atoms with Crippen molar-refractivity contribution in [2.75, 3.05) is 6.54 Å². The highest BCUT2D eigenvalue weighted by atomic mass is 19.1. The van der Waals surface area contributed by atoms with E-state index in [4.69, 9.17) is 0 Å². The zero-order valence-corrected chi connectivity index (χ0v) is 12.0. The first-order valence-electron chi connectivity index (χ1n) is 7.24. The van der Waals surface area contributed by atoms with E-state index in [9.17, 15) is 9.50 Å². The van der Waals surface area contributed by atoms with Crippen LogP contribution in [0.4, 0.5) is 4.39 Å². The topological polar surface area (TPSA) is 54.2 Å². The Morgan fingerprint density at radius 3 is 2.67 bits per heavy atom. The predicted octanol–water partition coefficient (Wildman–Crippen LogP) is 1.88. The van der Waals surface area contributed by atoms with Crippen molar-refractivity contribution in [2.24, 2.45) is 0 Å². The van der Waals surface area contributed by atoms with E-state index in [1.807, 2.05) is 16.7 Å². The molecule has 0 aliphatic carbocycles. The van der Waals surface area contributed by atoms with Gasteiger partial charge in [0.15, 0.2) is 5.82 Å². The number of fused-ring (bicyclic) bond motifs is 1. The minimum absolute atomic E-state index is 0.0812. The Kier molecular flexibility index (Phi) is 3.98. The van der Waals surface area contributed by atoms with Gasteiger partial charge in [0.05, 0.1) is 6.54 Å². The fourth-order valence-corrected chi connectivity index (χ4v) is 3.01. The van der Waals surface area contributed by atoms with Crippen molar-refractivity contribution < 1.29 is 9.50 Å². The molecule has 0 radical (unpaired) electrons. The van der Waals surface area contributed by atoms with E-state index in [1.165, 1.54) is 12.1 Å². The monoisotopic (exact) mass is 290 g/mol. The van der Waals surface area contributed by atoms with Crippen LogP contribution < -0.4 is 0 Å². The largest absolute Gasteiger partial charge is 0.388 e. The summed E-state index contributed by atoms with van der Waals surface area (Å²) in [5.74, 6) is 1.30. The van der Waals surface area contributed by atoms with Crippen LogP contribution in [0.2, 0.25) is 0 Å². The van der Waals surface area contributed by atoms with Gasteiger partial charge < -0.3 is 9.67 Å². The molecule has 2 aromatic rings. The van der Waals surface area contributed by atoms with Gasteiger partial charge in [0.25, 0.3) is 0 Å². The third kappa shape index (κ3) is 2.69. The molecule has 3 rings (SSSR count). The molecule has 0 amide bonds. The summed E-state index contributed by atoms with van der Waals surface area (Å²) in [6.45, 7) is 4.39.